The van der Waals surface area contributed by atoms with Gasteiger partial charge in [-0.2, -0.15) is 0 Å². The van der Waals surface area contributed by atoms with Crippen LogP contribution in [0.25, 0.3) is 0 Å². The van der Waals surface area contributed by atoms with E-state index < -0.39 is 21.8 Å². The van der Waals surface area contributed by atoms with Crippen LogP contribution in [0.1, 0.15) is 49.7 Å². The highest BCUT2D eigenvalue weighted by atomic mass is 35.5. The maximum Gasteiger partial charge on any atom is 0.352 e. The van der Waals surface area contributed by atoms with Crippen LogP contribution in [0.2, 0.25) is 5.02 Å². The SMILES string of the molecule is Cc1cc(OCCCn2c(C)c(S(=O)(=O)c3ccc(C(=O)O)cc3)c(C)c2C(=O)O)cc(C)c1Cl. The van der Waals surface area contributed by atoms with E-state index in [0.717, 1.165) is 11.1 Å². The zero-order valence-electron chi connectivity index (χ0n) is 19.8. The van der Waals surface area contributed by atoms with Crippen LogP contribution in [0, 0.1) is 27.7 Å². The van der Waals surface area contributed by atoms with Crippen LogP contribution in [0.15, 0.2) is 46.2 Å². The zero-order chi connectivity index (χ0) is 26.1. The molecule has 3 rings (SSSR count). The van der Waals surface area contributed by atoms with E-state index in [2.05, 4.69) is 0 Å². The molecule has 186 valence electrons. The summed E-state index contributed by atoms with van der Waals surface area (Å²) < 4.78 is 34.0. The van der Waals surface area contributed by atoms with E-state index in [0.29, 0.717) is 22.9 Å². The van der Waals surface area contributed by atoms with Gasteiger partial charge in [-0.25, -0.2) is 18.0 Å². The normalized spacial score (nSPS) is 11.5. The molecule has 0 fully saturated rings. The Balaban J connectivity index is 1.88. The number of hydrogen-bond donors (Lipinski definition) is 2. The van der Waals surface area contributed by atoms with Crippen molar-refractivity contribution in [1.29, 1.82) is 0 Å². The van der Waals surface area contributed by atoms with Crippen LogP contribution < -0.4 is 4.74 Å². The fourth-order valence-corrected chi connectivity index (χ4v) is 5.96. The van der Waals surface area contributed by atoms with Gasteiger partial charge in [-0.15, -0.1) is 0 Å². The van der Waals surface area contributed by atoms with Gasteiger partial charge in [0.05, 0.1) is 22.0 Å². The van der Waals surface area contributed by atoms with E-state index in [1.807, 2.05) is 26.0 Å². The lowest BCUT2D eigenvalue weighted by atomic mass is 10.1. The highest BCUT2D eigenvalue weighted by molar-refractivity contribution is 7.91. The number of aromatic carboxylic acids is 2. The molecule has 0 aliphatic rings. The van der Waals surface area contributed by atoms with E-state index in [9.17, 15) is 23.1 Å². The number of carboxylic acids is 2. The summed E-state index contributed by atoms with van der Waals surface area (Å²) in [6.07, 6.45) is 0.433. The van der Waals surface area contributed by atoms with Gasteiger partial charge in [-0.05, 0) is 81.6 Å². The largest absolute Gasteiger partial charge is 0.494 e. The Hall–Kier alpha value is -3.30. The van der Waals surface area contributed by atoms with Gasteiger partial charge >= 0.3 is 11.9 Å². The maximum atomic E-state index is 13.4. The van der Waals surface area contributed by atoms with Crippen molar-refractivity contribution in [1.82, 2.24) is 4.57 Å². The molecule has 0 aliphatic heterocycles. The lowest BCUT2D eigenvalue weighted by molar-refractivity contribution is 0.0677. The summed E-state index contributed by atoms with van der Waals surface area (Å²) in [7, 11) is -4.09. The quantitative estimate of drug-likeness (QED) is 0.378. The summed E-state index contributed by atoms with van der Waals surface area (Å²) in [6, 6.07) is 8.46. The van der Waals surface area contributed by atoms with Crippen molar-refractivity contribution in [2.45, 2.75) is 50.5 Å². The van der Waals surface area contributed by atoms with Gasteiger partial charge in [0.25, 0.3) is 0 Å². The molecule has 0 aliphatic carbocycles. The number of aromatic nitrogens is 1. The number of aryl methyl sites for hydroxylation is 2. The molecule has 1 heterocycles. The van der Waals surface area contributed by atoms with Crippen LogP contribution in [0.5, 0.6) is 5.75 Å². The van der Waals surface area contributed by atoms with Crippen LogP contribution in [-0.2, 0) is 16.4 Å². The second-order valence-electron chi connectivity index (χ2n) is 8.25. The van der Waals surface area contributed by atoms with E-state index in [1.165, 1.54) is 35.8 Å². The highest BCUT2D eigenvalue weighted by Gasteiger charge is 2.31. The number of nitrogens with zero attached hydrogens (tertiary/aromatic N) is 1. The molecular formula is C25H26ClNO7S. The predicted molar refractivity (Wildman–Crippen MR) is 131 cm³/mol. The first-order valence-electron chi connectivity index (χ1n) is 10.8. The van der Waals surface area contributed by atoms with Crippen LogP contribution in [0.3, 0.4) is 0 Å². The molecular weight excluding hydrogens is 494 g/mol. The molecule has 0 unspecified atom stereocenters. The van der Waals surface area contributed by atoms with Gasteiger partial charge < -0.3 is 19.5 Å². The lowest BCUT2D eigenvalue weighted by Crippen LogP contribution is -2.13. The first kappa shape index (κ1) is 26.3. The standard InChI is InChI=1S/C25H26ClNO7S/c1-14-12-19(13-15(2)21(14)26)34-11-5-10-27-17(4)23(16(3)22(27)25(30)31)35(32,33)20-8-6-18(7-9-20)24(28)29/h6-9,12-13H,5,10-11H2,1-4H3,(H,28,29)(H,30,31). The topological polar surface area (TPSA) is 123 Å². The van der Waals surface area contributed by atoms with E-state index >= 15 is 0 Å². The number of hydrogen-bond acceptors (Lipinski definition) is 5. The molecule has 2 aromatic carbocycles. The van der Waals surface area contributed by atoms with E-state index in [4.69, 9.17) is 21.4 Å². The molecule has 0 amide bonds. The first-order chi connectivity index (χ1) is 16.4. The fourth-order valence-electron chi connectivity index (χ4n) is 4.12. The molecule has 2 N–H and O–H groups in total. The average Bonchev–Trinajstić information content (AvgIpc) is 3.04. The van der Waals surface area contributed by atoms with Crippen molar-refractivity contribution in [2.24, 2.45) is 0 Å². The van der Waals surface area contributed by atoms with Gasteiger partial charge in [0.2, 0.25) is 9.84 Å². The van der Waals surface area contributed by atoms with Gasteiger partial charge in [-0.3, -0.25) is 0 Å². The van der Waals surface area contributed by atoms with Crippen LogP contribution in [0.4, 0.5) is 0 Å². The number of ether oxygens (including phenoxy) is 1. The van der Waals surface area contributed by atoms with Gasteiger partial charge in [0.15, 0.2) is 0 Å². The van der Waals surface area contributed by atoms with Crippen LogP contribution in [-0.4, -0.2) is 41.7 Å². The molecule has 0 radical (unpaired) electrons. The molecule has 35 heavy (non-hydrogen) atoms. The fraction of sp³-hybridized carbons (Fsp3) is 0.280. The summed E-state index contributed by atoms with van der Waals surface area (Å²) >= 11 is 6.19. The van der Waals surface area contributed by atoms with Crippen molar-refractivity contribution in [2.75, 3.05) is 6.61 Å². The smallest absolute Gasteiger partial charge is 0.352 e. The zero-order valence-corrected chi connectivity index (χ0v) is 21.3. The Bertz CT molecular complexity index is 1380. The number of halogens is 1. The van der Waals surface area contributed by atoms with Crippen molar-refractivity contribution in [3.63, 3.8) is 0 Å². The molecule has 8 nitrogen and oxygen atoms in total. The molecule has 3 aromatic rings. The monoisotopic (exact) mass is 519 g/mol. The Morgan fingerprint density at radius 2 is 1.54 bits per heavy atom. The van der Waals surface area contributed by atoms with E-state index in [-0.39, 0.29) is 39.8 Å². The molecule has 0 saturated carbocycles. The van der Waals surface area contributed by atoms with E-state index in [1.54, 1.807) is 6.92 Å². The molecule has 10 heteroatoms. The van der Waals surface area contributed by atoms with Crippen molar-refractivity contribution < 1.29 is 33.0 Å². The maximum absolute atomic E-state index is 13.4. The first-order valence-corrected chi connectivity index (χ1v) is 12.6. The van der Waals surface area contributed by atoms with Crippen LogP contribution >= 0.6 is 11.6 Å². The summed E-state index contributed by atoms with van der Waals surface area (Å²) in [6.45, 7) is 7.29. The third kappa shape index (κ3) is 5.21. The summed E-state index contributed by atoms with van der Waals surface area (Å²) in [5, 5.41) is 19.6. The molecule has 0 spiro atoms. The number of sulfone groups is 1. The number of carboxylic acid groups (broad SMARTS) is 2. The molecule has 0 saturated heterocycles. The number of rotatable bonds is 9. The minimum Gasteiger partial charge on any atom is -0.494 e. The molecule has 0 bridgehead atoms. The lowest BCUT2D eigenvalue weighted by Gasteiger charge is -2.12. The Morgan fingerprint density at radius 3 is 2.06 bits per heavy atom. The van der Waals surface area contributed by atoms with Crippen molar-refractivity contribution in [3.8, 4) is 5.75 Å². The Kier molecular flexibility index (Phi) is 7.62. The number of benzene rings is 2. The predicted octanol–water partition coefficient (Wildman–Crippen LogP) is 5.07. The average molecular weight is 520 g/mol. The molecule has 1 aromatic heterocycles. The third-order valence-corrected chi connectivity index (χ3v) is 8.41. The second-order valence-corrected chi connectivity index (χ2v) is 10.5. The van der Waals surface area contributed by atoms with Gasteiger partial charge in [-0.1, -0.05) is 11.6 Å². The van der Waals surface area contributed by atoms with Crippen molar-refractivity contribution in [3.05, 3.63) is 75.1 Å². The highest BCUT2D eigenvalue weighted by Crippen LogP contribution is 2.32. The minimum absolute atomic E-state index is 0.0488. The Morgan fingerprint density at radius 1 is 0.971 bits per heavy atom. The van der Waals surface area contributed by atoms with Crippen molar-refractivity contribution >= 4 is 33.4 Å². The minimum atomic E-state index is -4.09. The van der Waals surface area contributed by atoms with Gasteiger partial charge in [0.1, 0.15) is 11.4 Å². The van der Waals surface area contributed by atoms with Gasteiger partial charge in [0, 0.05) is 22.8 Å². The summed E-state index contributed by atoms with van der Waals surface area (Å²) in [5.41, 5.74) is 2.03. The second kappa shape index (κ2) is 10.1. The molecule has 0 atom stereocenters. The summed E-state index contributed by atoms with van der Waals surface area (Å²) in [4.78, 5) is 22.9. The Labute approximate surface area is 208 Å². The summed E-state index contributed by atoms with van der Waals surface area (Å²) in [5.74, 6) is -1.76. The number of carbonyl (C=O) groups is 2. The third-order valence-electron chi connectivity index (χ3n) is 5.79.